The first-order valence-corrected chi connectivity index (χ1v) is 11.2. The van der Waals surface area contributed by atoms with Crippen LogP contribution in [0.3, 0.4) is 0 Å². The second-order valence-corrected chi connectivity index (χ2v) is 9.10. The van der Waals surface area contributed by atoms with Gasteiger partial charge in [-0.2, -0.15) is 0 Å². The highest BCUT2D eigenvalue weighted by Crippen LogP contribution is 2.29. The van der Waals surface area contributed by atoms with E-state index in [1.807, 2.05) is 13.0 Å². The van der Waals surface area contributed by atoms with Crippen LogP contribution < -0.4 is 4.31 Å². The van der Waals surface area contributed by atoms with E-state index in [2.05, 4.69) is 4.98 Å². The van der Waals surface area contributed by atoms with Gasteiger partial charge in [-0.25, -0.2) is 8.42 Å². The SMILES string of the molecule is CCCCOC(=O)CN(c1ccc2[nH]ccc2c1)S(=O)(=O)c1cc(C)cc(Cl)c1. The van der Waals surface area contributed by atoms with E-state index >= 15 is 0 Å². The summed E-state index contributed by atoms with van der Waals surface area (Å²) in [6.45, 7) is 3.59. The number of esters is 1. The predicted molar refractivity (Wildman–Crippen MR) is 115 cm³/mol. The van der Waals surface area contributed by atoms with Crippen LogP contribution >= 0.6 is 11.6 Å². The molecule has 0 atom stereocenters. The highest BCUT2D eigenvalue weighted by molar-refractivity contribution is 7.92. The van der Waals surface area contributed by atoms with E-state index in [-0.39, 0.29) is 11.5 Å². The summed E-state index contributed by atoms with van der Waals surface area (Å²) in [4.78, 5) is 15.5. The molecule has 8 heteroatoms. The number of halogens is 1. The first kappa shape index (κ1) is 21.2. The Labute approximate surface area is 175 Å². The van der Waals surface area contributed by atoms with Crippen LogP contribution in [0.2, 0.25) is 5.02 Å². The quantitative estimate of drug-likeness (QED) is 0.412. The van der Waals surface area contributed by atoms with Crippen molar-refractivity contribution in [2.24, 2.45) is 0 Å². The number of carbonyl (C=O) groups excluding carboxylic acids is 1. The Morgan fingerprint density at radius 1 is 1.17 bits per heavy atom. The second-order valence-electron chi connectivity index (χ2n) is 6.80. The van der Waals surface area contributed by atoms with Gasteiger partial charge in [0.1, 0.15) is 6.54 Å². The zero-order valence-corrected chi connectivity index (χ0v) is 17.9. The first-order valence-electron chi connectivity index (χ1n) is 9.34. The zero-order chi connectivity index (χ0) is 21.0. The van der Waals surface area contributed by atoms with E-state index in [1.165, 1.54) is 12.1 Å². The fourth-order valence-corrected chi connectivity index (χ4v) is 4.87. The number of H-pyrrole nitrogens is 1. The van der Waals surface area contributed by atoms with Crippen LogP contribution in [0.5, 0.6) is 0 Å². The Morgan fingerprint density at radius 3 is 2.69 bits per heavy atom. The highest BCUT2D eigenvalue weighted by Gasteiger charge is 2.28. The minimum absolute atomic E-state index is 0.0259. The summed E-state index contributed by atoms with van der Waals surface area (Å²) in [7, 11) is -4.04. The molecule has 1 N–H and O–H groups in total. The molecule has 1 aromatic heterocycles. The maximum absolute atomic E-state index is 13.4. The molecule has 0 saturated carbocycles. The summed E-state index contributed by atoms with van der Waals surface area (Å²) in [6, 6.07) is 11.6. The van der Waals surface area contributed by atoms with Crippen LogP contribution in [-0.2, 0) is 19.6 Å². The van der Waals surface area contributed by atoms with Crippen molar-refractivity contribution in [3.8, 4) is 0 Å². The summed E-state index contributed by atoms with van der Waals surface area (Å²) in [5, 5.41) is 1.15. The van der Waals surface area contributed by atoms with Crippen LogP contribution in [0.1, 0.15) is 25.3 Å². The molecule has 3 aromatic rings. The zero-order valence-electron chi connectivity index (χ0n) is 16.3. The van der Waals surface area contributed by atoms with E-state index in [1.54, 1.807) is 37.4 Å². The molecular formula is C21H23ClN2O4S. The lowest BCUT2D eigenvalue weighted by molar-refractivity contribution is -0.141. The number of aryl methyl sites for hydroxylation is 1. The number of benzene rings is 2. The number of hydrogen-bond donors (Lipinski definition) is 1. The summed E-state index contributed by atoms with van der Waals surface area (Å²) < 4.78 is 33.1. The molecular weight excluding hydrogens is 412 g/mol. The molecule has 154 valence electrons. The highest BCUT2D eigenvalue weighted by atomic mass is 35.5. The van der Waals surface area contributed by atoms with Gasteiger partial charge in [-0.05, 0) is 61.4 Å². The molecule has 0 fully saturated rings. The van der Waals surface area contributed by atoms with Crippen LogP contribution in [0, 0.1) is 6.92 Å². The van der Waals surface area contributed by atoms with Crippen molar-refractivity contribution in [2.75, 3.05) is 17.5 Å². The van der Waals surface area contributed by atoms with E-state index in [0.717, 1.165) is 28.0 Å². The molecule has 0 aliphatic carbocycles. The molecule has 0 amide bonds. The number of unbranched alkanes of at least 4 members (excludes halogenated alkanes) is 1. The molecule has 29 heavy (non-hydrogen) atoms. The smallest absolute Gasteiger partial charge is 0.326 e. The maximum Gasteiger partial charge on any atom is 0.326 e. The minimum atomic E-state index is -4.04. The van der Waals surface area contributed by atoms with E-state index in [0.29, 0.717) is 16.3 Å². The third-order valence-electron chi connectivity index (χ3n) is 4.46. The largest absolute Gasteiger partial charge is 0.464 e. The Balaban J connectivity index is 2.02. The van der Waals surface area contributed by atoms with E-state index in [4.69, 9.17) is 16.3 Å². The van der Waals surface area contributed by atoms with Gasteiger partial charge < -0.3 is 9.72 Å². The molecule has 0 aliphatic rings. The lowest BCUT2D eigenvalue weighted by Gasteiger charge is -2.24. The Kier molecular flexibility index (Phi) is 6.49. The van der Waals surface area contributed by atoms with Crippen molar-refractivity contribution in [3.05, 3.63) is 59.2 Å². The molecule has 0 bridgehead atoms. The number of fused-ring (bicyclic) bond motifs is 1. The van der Waals surface area contributed by atoms with Crippen molar-refractivity contribution in [1.29, 1.82) is 0 Å². The average Bonchev–Trinajstić information content (AvgIpc) is 3.13. The third-order valence-corrected chi connectivity index (χ3v) is 6.43. The fourth-order valence-electron chi connectivity index (χ4n) is 2.98. The molecule has 0 unspecified atom stereocenters. The molecule has 2 aromatic carbocycles. The van der Waals surface area contributed by atoms with Gasteiger partial charge in [0.2, 0.25) is 0 Å². The van der Waals surface area contributed by atoms with Gasteiger partial charge >= 0.3 is 5.97 Å². The van der Waals surface area contributed by atoms with Crippen LogP contribution in [-0.4, -0.2) is 32.5 Å². The van der Waals surface area contributed by atoms with Gasteiger partial charge in [0, 0.05) is 22.1 Å². The van der Waals surface area contributed by atoms with E-state index < -0.39 is 22.5 Å². The topological polar surface area (TPSA) is 79.5 Å². The lowest BCUT2D eigenvalue weighted by Crippen LogP contribution is -2.36. The molecule has 1 heterocycles. The second kappa shape index (κ2) is 8.88. The third kappa shape index (κ3) is 4.92. The summed E-state index contributed by atoms with van der Waals surface area (Å²) in [5.41, 5.74) is 1.96. The van der Waals surface area contributed by atoms with Crippen molar-refractivity contribution >= 4 is 44.2 Å². The number of hydrogen-bond acceptors (Lipinski definition) is 4. The first-order chi connectivity index (χ1) is 13.8. The van der Waals surface area contributed by atoms with Crippen molar-refractivity contribution < 1.29 is 17.9 Å². The predicted octanol–water partition coefficient (Wildman–Crippen LogP) is 4.67. The molecule has 0 aliphatic heterocycles. The Morgan fingerprint density at radius 2 is 1.97 bits per heavy atom. The number of carbonyl (C=O) groups is 1. The minimum Gasteiger partial charge on any atom is -0.464 e. The monoisotopic (exact) mass is 434 g/mol. The van der Waals surface area contributed by atoms with Gasteiger partial charge in [0.05, 0.1) is 17.2 Å². The molecule has 0 radical (unpaired) electrons. The van der Waals surface area contributed by atoms with Crippen molar-refractivity contribution in [2.45, 2.75) is 31.6 Å². The summed E-state index contributed by atoms with van der Waals surface area (Å²) >= 11 is 6.08. The summed E-state index contributed by atoms with van der Waals surface area (Å²) in [6.07, 6.45) is 3.37. The van der Waals surface area contributed by atoms with Crippen LogP contribution in [0.15, 0.2) is 53.6 Å². The standard InChI is InChI=1S/C21H23ClN2O4S/c1-3-4-9-28-21(25)14-24(18-5-6-20-16(12-18)7-8-23-20)29(26,27)19-11-15(2)10-17(22)13-19/h5-8,10-13,23H,3-4,9,14H2,1-2H3. The molecule has 0 saturated heterocycles. The number of ether oxygens (including phenoxy) is 1. The molecule has 6 nitrogen and oxygen atoms in total. The number of nitrogens with one attached hydrogen (secondary N) is 1. The van der Waals surface area contributed by atoms with Gasteiger partial charge in [-0.15, -0.1) is 0 Å². The Bertz CT molecular complexity index is 1100. The fraction of sp³-hybridized carbons (Fsp3) is 0.286. The maximum atomic E-state index is 13.4. The van der Waals surface area contributed by atoms with E-state index in [9.17, 15) is 13.2 Å². The molecule has 0 spiro atoms. The van der Waals surface area contributed by atoms with Crippen molar-refractivity contribution in [3.63, 3.8) is 0 Å². The van der Waals surface area contributed by atoms with Gasteiger partial charge in [0.25, 0.3) is 10.0 Å². The Hall–Kier alpha value is -2.51. The van der Waals surface area contributed by atoms with Gasteiger partial charge in [-0.1, -0.05) is 24.9 Å². The normalized spacial score (nSPS) is 11.6. The average molecular weight is 435 g/mol. The number of rotatable bonds is 8. The summed E-state index contributed by atoms with van der Waals surface area (Å²) in [5.74, 6) is -0.602. The molecule has 3 rings (SSSR count). The van der Waals surface area contributed by atoms with Gasteiger partial charge in [-0.3, -0.25) is 9.10 Å². The number of nitrogens with zero attached hydrogens (tertiary/aromatic N) is 1. The number of sulfonamides is 1. The number of aromatic nitrogens is 1. The van der Waals surface area contributed by atoms with Crippen LogP contribution in [0.4, 0.5) is 5.69 Å². The van der Waals surface area contributed by atoms with Gasteiger partial charge in [0.15, 0.2) is 0 Å². The number of aromatic amines is 1. The number of anilines is 1. The van der Waals surface area contributed by atoms with Crippen LogP contribution in [0.25, 0.3) is 10.9 Å². The van der Waals surface area contributed by atoms with Crippen molar-refractivity contribution in [1.82, 2.24) is 4.98 Å². The lowest BCUT2D eigenvalue weighted by atomic mass is 10.2.